The molecule has 0 spiro atoms. The van der Waals surface area contributed by atoms with Gasteiger partial charge in [-0.25, -0.2) is 9.78 Å². The van der Waals surface area contributed by atoms with E-state index in [0.717, 1.165) is 0 Å². The molecule has 0 saturated carbocycles. The van der Waals surface area contributed by atoms with Gasteiger partial charge in [-0.3, -0.25) is 4.79 Å². The quantitative estimate of drug-likeness (QED) is 0.842. The Kier molecular flexibility index (Phi) is 3.83. The van der Waals surface area contributed by atoms with Crippen LogP contribution in [0.4, 0.5) is 5.69 Å². The summed E-state index contributed by atoms with van der Waals surface area (Å²) in [7, 11) is 0. The molecule has 1 aromatic rings. The summed E-state index contributed by atoms with van der Waals surface area (Å²) in [6.07, 6.45) is 1.73. The van der Waals surface area contributed by atoms with E-state index in [4.69, 9.17) is 5.11 Å². The number of nitrogens with zero attached hydrogens (tertiary/aromatic N) is 1. The van der Waals surface area contributed by atoms with Gasteiger partial charge >= 0.3 is 5.97 Å². The number of rotatable bonds is 3. The highest BCUT2D eigenvalue weighted by molar-refractivity contribution is 5.93. The van der Waals surface area contributed by atoms with Crippen LogP contribution in [0.1, 0.15) is 37.7 Å². The summed E-state index contributed by atoms with van der Waals surface area (Å²) in [4.78, 5) is 26.0. The zero-order chi connectivity index (χ0) is 13.1. The molecular formula is C12H16N2O3. The van der Waals surface area contributed by atoms with Crippen LogP contribution in [0.5, 0.6) is 0 Å². The average molecular weight is 236 g/mol. The van der Waals surface area contributed by atoms with Crippen LogP contribution in [-0.2, 0) is 4.79 Å². The van der Waals surface area contributed by atoms with Crippen molar-refractivity contribution in [1.29, 1.82) is 0 Å². The molecule has 0 aromatic carbocycles. The van der Waals surface area contributed by atoms with Gasteiger partial charge < -0.3 is 10.4 Å². The largest absolute Gasteiger partial charge is 0.477 e. The highest BCUT2D eigenvalue weighted by atomic mass is 16.4. The van der Waals surface area contributed by atoms with Crippen molar-refractivity contribution in [2.75, 3.05) is 5.32 Å². The van der Waals surface area contributed by atoms with Crippen LogP contribution in [0.2, 0.25) is 0 Å². The molecule has 0 aliphatic carbocycles. The normalized spacial score (nSPS) is 11.0. The number of carbonyl (C=O) groups is 2. The fourth-order valence-electron chi connectivity index (χ4n) is 1.31. The minimum atomic E-state index is -1.11. The van der Waals surface area contributed by atoms with Crippen molar-refractivity contribution in [3.8, 4) is 0 Å². The predicted octanol–water partition coefficient (Wildman–Crippen LogP) is 2.15. The molecule has 17 heavy (non-hydrogen) atoms. The zero-order valence-electron chi connectivity index (χ0n) is 10.2. The third-order valence-corrected chi connectivity index (χ3v) is 1.95. The number of anilines is 1. The fourth-order valence-corrected chi connectivity index (χ4v) is 1.31. The summed E-state index contributed by atoms with van der Waals surface area (Å²) < 4.78 is 0. The van der Waals surface area contributed by atoms with Crippen molar-refractivity contribution < 1.29 is 14.7 Å². The predicted molar refractivity (Wildman–Crippen MR) is 63.9 cm³/mol. The minimum absolute atomic E-state index is 0.0847. The maximum Gasteiger partial charge on any atom is 0.354 e. The second-order valence-electron chi connectivity index (χ2n) is 5.02. The molecule has 2 N–H and O–H groups in total. The number of carboxylic acid groups (broad SMARTS) is 1. The van der Waals surface area contributed by atoms with Crippen LogP contribution in [0.3, 0.4) is 0 Å². The Morgan fingerprint density at radius 1 is 1.41 bits per heavy atom. The Hall–Kier alpha value is -1.91. The Balaban J connectivity index is 2.72. The first kappa shape index (κ1) is 13.2. The monoisotopic (exact) mass is 236 g/mol. The molecule has 0 saturated heterocycles. The Morgan fingerprint density at radius 3 is 2.59 bits per heavy atom. The van der Waals surface area contributed by atoms with E-state index in [1.54, 1.807) is 6.07 Å². The van der Waals surface area contributed by atoms with Gasteiger partial charge in [0.2, 0.25) is 5.91 Å². The van der Waals surface area contributed by atoms with Crippen molar-refractivity contribution in [2.45, 2.75) is 27.2 Å². The molecule has 0 bridgehead atoms. The molecule has 1 rings (SSSR count). The number of amides is 1. The number of carbonyl (C=O) groups excluding carboxylic acids is 1. The standard InChI is InChI=1S/C12H16N2O3/c1-12(2,3)7-10(15)14-8-4-5-13-9(6-8)11(16)17/h4-6H,7H2,1-3H3,(H,16,17)(H,13,14,15). The molecule has 1 heterocycles. The van der Waals surface area contributed by atoms with Gasteiger partial charge in [-0.1, -0.05) is 20.8 Å². The lowest BCUT2D eigenvalue weighted by Crippen LogP contribution is -2.19. The lowest BCUT2D eigenvalue weighted by molar-refractivity contribution is -0.117. The van der Waals surface area contributed by atoms with Gasteiger partial charge in [-0.05, 0) is 17.5 Å². The number of pyridine rings is 1. The molecule has 1 amide bonds. The lowest BCUT2D eigenvalue weighted by Gasteiger charge is -2.17. The third kappa shape index (κ3) is 4.63. The van der Waals surface area contributed by atoms with Crippen molar-refractivity contribution >= 4 is 17.6 Å². The summed E-state index contributed by atoms with van der Waals surface area (Å²) >= 11 is 0. The SMILES string of the molecule is CC(C)(C)CC(=O)Nc1ccnc(C(=O)O)c1. The molecule has 5 nitrogen and oxygen atoms in total. The lowest BCUT2D eigenvalue weighted by atomic mass is 9.92. The molecule has 92 valence electrons. The second-order valence-corrected chi connectivity index (χ2v) is 5.02. The molecule has 0 aliphatic heterocycles. The molecule has 0 radical (unpaired) electrons. The van der Waals surface area contributed by atoms with Crippen LogP contribution >= 0.6 is 0 Å². The van der Waals surface area contributed by atoms with E-state index in [-0.39, 0.29) is 17.0 Å². The molecule has 0 aliphatic rings. The first-order valence-corrected chi connectivity index (χ1v) is 5.27. The highest BCUT2D eigenvalue weighted by Crippen LogP contribution is 2.19. The highest BCUT2D eigenvalue weighted by Gasteiger charge is 2.16. The van der Waals surface area contributed by atoms with Crippen molar-refractivity contribution in [2.24, 2.45) is 5.41 Å². The molecule has 0 atom stereocenters. The summed E-state index contributed by atoms with van der Waals surface area (Å²) in [5.41, 5.74) is 0.262. The van der Waals surface area contributed by atoms with Crippen molar-refractivity contribution in [3.05, 3.63) is 24.0 Å². The van der Waals surface area contributed by atoms with Crippen LogP contribution < -0.4 is 5.32 Å². The number of carboxylic acids is 1. The van der Waals surface area contributed by atoms with Gasteiger partial charge in [-0.15, -0.1) is 0 Å². The summed E-state index contributed by atoms with van der Waals surface area (Å²) in [5, 5.41) is 11.4. The van der Waals surface area contributed by atoms with E-state index in [2.05, 4.69) is 10.3 Å². The van der Waals surface area contributed by atoms with Crippen molar-refractivity contribution in [1.82, 2.24) is 4.98 Å². The van der Waals surface area contributed by atoms with Crippen molar-refractivity contribution in [3.63, 3.8) is 0 Å². The van der Waals surface area contributed by atoms with Gasteiger partial charge in [0.15, 0.2) is 0 Å². The van der Waals surface area contributed by atoms with Crippen LogP contribution in [0, 0.1) is 5.41 Å². The summed E-state index contributed by atoms with van der Waals surface area (Å²) in [5.74, 6) is -1.25. The summed E-state index contributed by atoms with van der Waals surface area (Å²) in [6.45, 7) is 5.88. The molecule has 0 fully saturated rings. The Labute approximate surface area is 99.9 Å². The van der Waals surface area contributed by atoms with E-state index in [1.165, 1.54) is 12.3 Å². The average Bonchev–Trinajstić information content (AvgIpc) is 2.14. The Morgan fingerprint density at radius 2 is 2.06 bits per heavy atom. The topological polar surface area (TPSA) is 79.3 Å². The number of nitrogens with one attached hydrogen (secondary N) is 1. The van der Waals surface area contributed by atoms with E-state index >= 15 is 0 Å². The molecule has 5 heteroatoms. The van der Waals surface area contributed by atoms with Crippen LogP contribution in [0.25, 0.3) is 0 Å². The van der Waals surface area contributed by atoms with Gasteiger partial charge in [0.25, 0.3) is 0 Å². The Bertz CT molecular complexity index is 436. The fraction of sp³-hybridized carbons (Fsp3) is 0.417. The minimum Gasteiger partial charge on any atom is -0.477 e. The summed E-state index contributed by atoms with van der Waals surface area (Å²) in [6, 6.07) is 2.90. The zero-order valence-corrected chi connectivity index (χ0v) is 10.2. The van der Waals surface area contributed by atoms with E-state index in [0.29, 0.717) is 12.1 Å². The molecule has 1 aromatic heterocycles. The number of aromatic carboxylic acids is 1. The van der Waals surface area contributed by atoms with Gasteiger partial charge in [-0.2, -0.15) is 0 Å². The first-order valence-electron chi connectivity index (χ1n) is 5.27. The maximum absolute atomic E-state index is 11.6. The third-order valence-electron chi connectivity index (χ3n) is 1.95. The molecular weight excluding hydrogens is 220 g/mol. The van der Waals surface area contributed by atoms with E-state index in [1.807, 2.05) is 20.8 Å². The van der Waals surface area contributed by atoms with Gasteiger partial charge in [0, 0.05) is 18.3 Å². The number of aromatic nitrogens is 1. The maximum atomic E-state index is 11.6. The molecule has 0 unspecified atom stereocenters. The van der Waals surface area contributed by atoms with Crippen LogP contribution in [0.15, 0.2) is 18.3 Å². The smallest absolute Gasteiger partial charge is 0.354 e. The second kappa shape index (κ2) is 4.95. The van der Waals surface area contributed by atoms with E-state index < -0.39 is 5.97 Å². The van der Waals surface area contributed by atoms with E-state index in [9.17, 15) is 9.59 Å². The van der Waals surface area contributed by atoms with Crippen LogP contribution in [-0.4, -0.2) is 22.0 Å². The van der Waals surface area contributed by atoms with Gasteiger partial charge in [0.05, 0.1) is 0 Å². The van der Waals surface area contributed by atoms with Gasteiger partial charge in [0.1, 0.15) is 5.69 Å². The number of hydrogen-bond acceptors (Lipinski definition) is 3. The number of hydrogen-bond donors (Lipinski definition) is 2. The first-order chi connectivity index (χ1) is 7.78.